The molecule has 0 spiro atoms. The third kappa shape index (κ3) is 4.08. The predicted molar refractivity (Wildman–Crippen MR) is 107 cm³/mol. The van der Waals surface area contributed by atoms with E-state index in [2.05, 4.69) is 15.5 Å². The van der Waals surface area contributed by atoms with Crippen LogP contribution in [0.1, 0.15) is 28.4 Å². The van der Waals surface area contributed by atoms with E-state index in [4.69, 9.17) is 0 Å². The Bertz CT molecular complexity index is 1190. The van der Waals surface area contributed by atoms with Crippen LogP contribution in [0.25, 0.3) is 5.69 Å². The molecule has 3 aromatic rings. The number of rotatable bonds is 5. The number of hydrogen-bond donors (Lipinski definition) is 4. The zero-order valence-corrected chi connectivity index (χ0v) is 15.4. The molecule has 0 unspecified atom stereocenters. The maximum Gasteiger partial charge on any atom is 0.335 e. The molecule has 3 rings (SSSR count). The molecule has 2 aromatic carbocycles. The highest BCUT2D eigenvalue weighted by atomic mass is 16.3. The maximum atomic E-state index is 12.2. The quantitative estimate of drug-likeness (QED) is 0.381. The summed E-state index contributed by atoms with van der Waals surface area (Å²) in [7, 11) is 0. The largest absolute Gasteiger partial charge is 0.507 e. The van der Waals surface area contributed by atoms with Gasteiger partial charge in [0, 0.05) is 0 Å². The van der Waals surface area contributed by atoms with E-state index in [9.17, 15) is 24.6 Å². The molecule has 0 fully saturated rings. The molecule has 0 atom stereocenters. The number of amides is 1. The number of hydrazone groups is 1. The van der Waals surface area contributed by atoms with Crippen molar-refractivity contribution >= 4 is 12.1 Å². The van der Waals surface area contributed by atoms with Gasteiger partial charge in [0.15, 0.2) is 0 Å². The first-order valence-corrected chi connectivity index (χ1v) is 8.71. The zero-order chi connectivity index (χ0) is 21.0. The van der Waals surface area contributed by atoms with Gasteiger partial charge in [0.1, 0.15) is 11.3 Å². The van der Waals surface area contributed by atoms with Gasteiger partial charge in [-0.1, -0.05) is 31.2 Å². The van der Waals surface area contributed by atoms with Crippen molar-refractivity contribution in [2.45, 2.75) is 13.3 Å². The average molecular weight is 394 g/mol. The summed E-state index contributed by atoms with van der Waals surface area (Å²) in [4.78, 5) is 38.4. The Labute approximate surface area is 164 Å². The predicted octanol–water partition coefficient (Wildman–Crippen LogP) is 1.26. The van der Waals surface area contributed by atoms with Crippen molar-refractivity contribution in [1.29, 1.82) is 0 Å². The lowest BCUT2D eigenvalue weighted by atomic mass is 10.1. The fraction of sp³-hybridized carbons (Fsp3) is 0.100. The van der Waals surface area contributed by atoms with Crippen LogP contribution in [0.3, 0.4) is 0 Å². The SMILES string of the molecule is CCc1ccc(-n2c(O)c(/C=N/NC(=O)c3ccccc3O)c(=O)[nH]c2=O)cc1. The number of para-hydroxylation sites is 1. The molecule has 0 bridgehead atoms. The minimum Gasteiger partial charge on any atom is -0.507 e. The minimum atomic E-state index is -0.866. The van der Waals surface area contributed by atoms with Crippen LogP contribution >= 0.6 is 0 Å². The Balaban J connectivity index is 1.92. The van der Waals surface area contributed by atoms with Crippen molar-refractivity contribution in [2.24, 2.45) is 5.10 Å². The van der Waals surface area contributed by atoms with E-state index in [1.807, 2.05) is 6.92 Å². The Morgan fingerprint density at radius 2 is 1.83 bits per heavy atom. The number of H-pyrrole nitrogens is 1. The van der Waals surface area contributed by atoms with E-state index in [1.165, 1.54) is 12.1 Å². The van der Waals surface area contributed by atoms with Crippen LogP contribution in [0.2, 0.25) is 0 Å². The highest BCUT2D eigenvalue weighted by Gasteiger charge is 2.15. The number of aromatic nitrogens is 2. The third-order valence-electron chi connectivity index (χ3n) is 4.23. The number of carbonyl (C=O) groups excluding carboxylic acids is 1. The van der Waals surface area contributed by atoms with Gasteiger partial charge in [-0.3, -0.25) is 14.6 Å². The molecule has 1 heterocycles. The highest BCUT2D eigenvalue weighted by Crippen LogP contribution is 2.17. The Morgan fingerprint density at radius 1 is 1.14 bits per heavy atom. The summed E-state index contributed by atoms with van der Waals surface area (Å²) in [6.45, 7) is 1.98. The van der Waals surface area contributed by atoms with Crippen LogP contribution in [-0.4, -0.2) is 31.9 Å². The van der Waals surface area contributed by atoms with Crippen LogP contribution in [0.15, 0.2) is 63.2 Å². The number of aryl methyl sites for hydroxylation is 1. The van der Waals surface area contributed by atoms with Gasteiger partial charge >= 0.3 is 5.69 Å². The van der Waals surface area contributed by atoms with Gasteiger partial charge < -0.3 is 10.2 Å². The van der Waals surface area contributed by atoms with Crippen molar-refractivity contribution < 1.29 is 15.0 Å². The van der Waals surface area contributed by atoms with Gasteiger partial charge in [0.25, 0.3) is 11.5 Å². The van der Waals surface area contributed by atoms with Crippen LogP contribution in [0.5, 0.6) is 11.6 Å². The maximum absolute atomic E-state index is 12.2. The van der Waals surface area contributed by atoms with E-state index < -0.39 is 23.0 Å². The normalized spacial score (nSPS) is 10.9. The van der Waals surface area contributed by atoms with Gasteiger partial charge in [-0.25, -0.2) is 14.8 Å². The van der Waals surface area contributed by atoms with Gasteiger partial charge in [0.05, 0.1) is 17.5 Å². The van der Waals surface area contributed by atoms with Gasteiger partial charge in [-0.15, -0.1) is 0 Å². The van der Waals surface area contributed by atoms with E-state index in [-0.39, 0.29) is 16.9 Å². The molecule has 0 aliphatic heterocycles. The lowest BCUT2D eigenvalue weighted by molar-refractivity contribution is 0.0952. The Morgan fingerprint density at radius 3 is 2.48 bits per heavy atom. The minimum absolute atomic E-state index is 0.0104. The van der Waals surface area contributed by atoms with Crippen LogP contribution in [0.4, 0.5) is 0 Å². The number of hydrogen-bond acceptors (Lipinski definition) is 6. The van der Waals surface area contributed by atoms with Crippen LogP contribution in [-0.2, 0) is 6.42 Å². The number of nitrogens with zero attached hydrogens (tertiary/aromatic N) is 2. The number of phenols is 1. The molecule has 0 radical (unpaired) electrons. The van der Waals surface area contributed by atoms with E-state index >= 15 is 0 Å². The topological polar surface area (TPSA) is 137 Å². The summed E-state index contributed by atoms with van der Waals surface area (Å²) in [6, 6.07) is 12.7. The summed E-state index contributed by atoms with van der Waals surface area (Å²) in [5.41, 5.74) is 1.54. The van der Waals surface area contributed by atoms with Crippen molar-refractivity contribution in [3.8, 4) is 17.3 Å². The summed E-state index contributed by atoms with van der Waals surface area (Å²) in [6.07, 6.45) is 1.73. The monoisotopic (exact) mass is 394 g/mol. The molecular weight excluding hydrogens is 376 g/mol. The molecular formula is C20H18N4O5. The molecule has 148 valence electrons. The lowest BCUT2D eigenvalue weighted by Crippen LogP contribution is -2.31. The molecule has 9 heteroatoms. The Hall–Kier alpha value is -4.14. The number of aromatic amines is 1. The van der Waals surface area contributed by atoms with Crippen molar-refractivity contribution in [3.05, 3.63) is 86.1 Å². The first-order valence-electron chi connectivity index (χ1n) is 8.71. The molecule has 0 aliphatic carbocycles. The average Bonchev–Trinajstić information content (AvgIpc) is 2.71. The summed E-state index contributed by atoms with van der Waals surface area (Å²) >= 11 is 0. The van der Waals surface area contributed by atoms with Crippen LogP contribution in [0, 0.1) is 0 Å². The number of aromatic hydroxyl groups is 2. The molecule has 29 heavy (non-hydrogen) atoms. The molecule has 0 saturated heterocycles. The van der Waals surface area contributed by atoms with Crippen molar-refractivity contribution in [1.82, 2.24) is 15.0 Å². The lowest BCUT2D eigenvalue weighted by Gasteiger charge is -2.10. The first kappa shape index (κ1) is 19.6. The molecule has 1 aromatic heterocycles. The molecule has 4 N–H and O–H groups in total. The van der Waals surface area contributed by atoms with Crippen molar-refractivity contribution in [3.63, 3.8) is 0 Å². The molecule has 0 saturated carbocycles. The second-order valence-electron chi connectivity index (χ2n) is 6.07. The summed E-state index contributed by atoms with van der Waals surface area (Å²) in [5.74, 6) is -1.56. The zero-order valence-electron chi connectivity index (χ0n) is 15.4. The smallest absolute Gasteiger partial charge is 0.335 e. The Kier molecular flexibility index (Phi) is 5.59. The molecule has 0 aliphatic rings. The summed E-state index contributed by atoms with van der Waals surface area (Å²) in [5, 5.41) is 23.8. The van der Waals surface area contributed by atoms with Gasteiger partial charge in [0.2, 0.25) is 5.88 Å². The second-order valence-corrected chi connectivity index (χ2v) is 6.07. The molecule has 1 amide bonds. The van der Waals surface area contributed by atoms with E-state index in [1.54, 1.807) is 36.4 Å². The van der Waals surface area contributed by atoms with Gasteiger partial charge in [-0.05, 0) is 36.2 Å². The fourth-order valence-electron chi connectivity index (χ4n) is 2.66. The first-order chi connectivity index (χ1) is 13.9. The van der Waals surface area contributed by atoms with Gasteiger partial charge in [-0.2, -0.15) is 5.10 Å². The summed E-state index contributed by atoms with van der Waals surface area (Å²) < 4.78 is 0.924. The van der Waals surface area contributed by atoms with E-state index in [0.717, 1.165) is 22.8 Å². The standard InChI is InChI=1S/C20H18N4O5/c1-2-12-7-9-13(10-8-12)24-19(28)15(17(26)22-20(24)29)11-21-23-18(27)14-5-3-4-6-16(14)25/h3-11,25,28H,2H2,1H3,(H,23,27)(H,22,26,29)/b21-11+. The number of carbonyl (C=O) groups is 1. The van der Waals surface area contributed by atoms with E-state index in [0.29, 0.717) is 5.69 Å². The number of nitrogens with one attached hydrogen (secondary N) is 2. The molecule has 9 nitrogen and oxygen atoms in total. The fourth-order valence-corrected chi connectivity index (χ4v) is 2.66. The van der Waals surface area contributed by atoms with Crippen molar-refractivity contribution in [2.75, 3.05) is 0 Å². The third-order valence-corrected chi connectivity index (χ3v) is 4.23. The number of benzene rings is 2. The second kappa shape index (κ2) is 8.26. The van der Waals surface area contributed by atoms with Crippen LogP contribution < -0.4 is 16.7 Å². The highest BCUT2D eigenvalue weighted by molar-refractivity contribution is 5.97. The number of phenolic OH excluding ortho intramolecular Hbond substituents is 1.